The van der Waals surface area contributed by atoms with Crippen molar-refractivity contribution in [1.29, 1.82) is 0 Å². The molecule has 0 saturated carbocycles. The Morgan fingerprint density at radius 2 is 1.88 bits per heavy atom. The summed E-state index contributed by atoms with van der Waals surface area (Å²) >= 11 is 1.54. The fraction of sp³-hybridized carbons (Fsp3) is 0.368. The maximum Gasteiger partial charge on any atom is 0.262 e. The molecular formula is C19H23N3OS. The van der Waals surface area contributed by atoms with E-state index in [0.29, 0.717) is 6.54 Å². The zero-order valence-electron chi connectivity index (χ0n) is 14.5. The van der Waals surface area contributed by atoms with Crippen LogP contribution in [-0.2, 0) is 6.54 Å². The summed E-state index contributed by atoms with van der Waals surface area (Å²) < 4.78 is 1.82. The maximum atomic E-state index is 13.1. The van der Waals surface area contributed by atoms with Crippen LogP contribution in [-0.4, -0.2) is 34.1 Å². The third-order valence-electron chi connectivity index (χ3n) is 4.50. The van der Waals surface area contributed by atoms with Gasteiger partial charge < -0.3 is 4.90 Å². The van der Waals surface area contributed by atoms with E-state index in [-0.39, 0.29) is 5.56 Å². The SMILES string of the molecule is CCN(CC)CCn1c(C)nc2scc(-c3ccccc3)c2c1=O. The molecule has 0 fully saturated rings. The fourth-order valence-electron chi connectivity index (χ4n) is 3.00. The van der Waals surface area contributed by atoms with E-state index in [0.717, 1.165) is 46.8 Å². The highest BCUT2D eigenvalue weighted by atomic mass is 32.1. The molecule has 0 unspecified atom stereocenters. The van der Waals surface area contributed by atoms with Crippen molar-refractivity contribution in [3.05, 3.63) is 51.9 Å². The minimum Gasteiger partial charge on any atom is -0.302 e. The summed E-state index contributed by atoms with van der Waals surface area (Å²) in [7, 11) is 0. The quantitative estimate of drug-likeness (QED) is 0.685. The average Bonchev–Trinajstić information content (AvgIpc) is 3.02. The molecule has 126 valence electrons. The van der Waals surface area contributed by atoms with Crippen molar-refractivity contribution >= 4 is 21.6 Å². The summed E-state index contributed by atoms with van der Waals surface area (Å²) in [5.41, 5.74) is 2.14. The van der Waals surface area contributed by atoms with Gasteiger partial charge in [0.25, 0.3) is 5.56 Å². The van der Waals surface area contributed by atoms with E-state index in [2.05, 4.69) is 23.7 Å². The van der Waals surface area contributed by atoms with E-state index in [1.54, 1.807) is 11.3 Å². The third-order valence-corrected chi connectivity index (χ3v) is 5.38. The molecule has 4 nitrogen and oxygen atoms in total. The second-order valence-electron chi connectivity index (χ2n) is 5.84. The number of hydrogen-bond acceptors (Lipinski definition) is 4. The number of likely N-dealkylation sites (N-methyl/N-ethyl adjacent to an activating group) is 1. The molecule has 0 N–H and O–H groups in total. The van der Waals surface area contributed by atoms with Gasteiger partial charge in [-0.15, -0.1) is 11.3 Å². The second kappa shape index (κ2) is 7.28. The van der Waals surface area contributed by atoms with Crippen molar-refractivity contribution in [2.24, 2.45) is 0 Å². The number of fused-ring (bicyclic) bond motifs is 1. The first kappa shape index (κ1) is 16.9. The zero-order valence-corrected chi connectivity index (χ0v) is 15.3. The van der Waals surface area contributed by atoms with E-state index >= 15 is 0 Å². The second-order valence-corrected chi connectivity index (χ2v) is 6.70. The number of aromatic nitrogens is 2. The van der Waals surface area contributed by atoms with Crippen LogP contribution < -0.4 is 5.56 Å². The molecule has 0 amide bonds. The monoisotopic (exact) mass is 341 g/mol. The minimum absolute atomic E-state index is 0.0739. The molecule has 3 aromatic rings. The van der Waals surface area contributed by atoms with Gasteiger partial charge in [0.05, 0.1) is 5.39 Å². The molecule has 2 heterocycles. The van der Waals surface area contributed by atoms with Gasteiger partial charge in [-0.2, -0.15) is 0 Å². The van der Waals surface area contributed by atoms with Crippen LogP contribution in [0.4, 0.5) is 0 Å². The van der Waals surface area contributed by atoms with Crippen LogP contribution in [0.25, 0.3) is 21.3 Å². The molecule has 24 heavy (non-hydrogen) atoms. The molecule has 0 saturated heterocycles. The Morgan fingerprint density at radius 1 is 1.17 bits per heavy atom. The lowest BCUT2D eigenvalue weighted by molar-refractivity contribution is 0.288. The highest BCUT2D eigenvalue weighted by Gasteiger charge is 2.15. The van der Waals surface area contributed by atoms with Crippen molar-refractivity contribution in [3.63, 3.8) is 0 Å². The van der Waals surface area contributed by atoms with Crippen LogP contribution in [0.5, 0.6) is 0 Å². The largest absolute Gasteiger partial charge is 0.302 e. The van der Waals surface area contributed by atoms with E-state index in [1.165, 1.54) is 0 Å². The summed E-state index contributed by atoms with van der Waals surface area (Å²) in [5, 5.41) is 2.79. The Kier molecular flexibility index (Phi) is 5.11. The van der Waals surface area contributed by atoms with Crippen molar-refractivity contribution < 1.29 is 0 Å². The topological polar surface area (TPSA) is 38.1 Å². The van der Waals surface area contributed by atoms with Gasteiger partial charge in [-0.05, 0) is 25.6 Å². The first-order chi connectivity index (χ1) is 11.7. The lowest BCUT2D eigenvalue weighted by atomic mass is 10.1. The Hall–Kier alpha value is -1.98. The van der Waals surface area contributed by atoms with Gasteiger partial charge in [-0.25, -0.2) is 4.98 Å². The van der Waals surface area contributed by atoms with Gasteiger partial charge >= 0.3 is 0 Å². The lowest BCUT2D eigenvalue weighted by Crippen LogP contribution is -2.32. The Morgan fingerprint density at radius 3 is 2.54 bits per heavy atom. The lowest BCUT2D eigenvalue weighted by Gasteiger charge is -2.19. The molecule has 0 aliphatic heterocycles. The summed E-state index contributed by atoms with van der Waals surface area (Å²) in [6, 6.07) is 10.1. The van der Waals surface area contributed by atoms with Crippen LogP contribution in [0.1, 0.15) is 19.7 Å². The number of aryl methyl sites for hydroxylation is 1. The molecule has 0 bridgehead atoms. The van der Waals surface area contributed by atoms with Crippen molar-refractivity contribution in [3.8, 4) is 11.1 Å². The molecule has 1 aromatic carbocycles. The van der Waals surface area contributed by atoms with Gasteiger partial charge in [0.1, 0.15) is 10.7 Å². The number of thiophene rings is 1. The molecule has 0 atom stereocenters. The molecule has 2 aromatic heterocycles. The van der Waals surface area contributed by atoms with Gasteiger partial charge in [0.2, 0.25) is 0 Å². The van der Waals surface area contributed by atoms with Gasteiger partial charge in [-0.3, -0.25) is 9.36 Å². The van der Waals surface area contributed by atoms with Crippen molar-refractivity contribution in [1.82, 2.24) is 14.5 Å². The fourth-order valence-corrected chi connectivity index (χ4v) is 3.98. The van der Waals surface area contributed by atoms with E-state index in [9.17, 15) is 4.79 Å². The van der Waals surface area contributed by atoms with Crippen molar-refractivity contribution in [2.75, 3.05) is 19.6 Å². The van der Waals surface area contributed by atoms with Crippen LogP contribution in [0.3, 0.4) is 0 Å². The summed E-state index contributed by atoms with van der Waals surface area (Å²) in [6.07, 6.45) is 0. The van der Waals surface area contributed by atoms with Crippen LogP contribution in [0.2, 0.25) is 0 Å². The standard InChI is InChI=1S/C19H23N3OS/c1-4-21(5-2)11-12-22-14(3)20-18-17(19(22)23)16(13-24-18)15-9-7-6-8-10-15/h6-10,13H,4-5,11-12H2,1-3H3. The first-order valence-corrected chi connectivity index (χ1v) is 9.30. The number of rotatable bonds is 6. The number of hydrogen-bond donors (Lipinski definition) is 0. The van der Waals surface area contributed by atoms with E-state index in [1.807, 2.05) is 47.2 Å². The minimum atomic E-state index is 0.0739. The number of benzene rings is 1. The Labute approximate surface area is 146 Å². The maximum absolute atomic E-state index is 13.1. The smallest absolute Gasteiger partial charge is 0.262 e. The summed E-state index contributed by atoms with van der Waals surface area (Å²) in [6.45, 7) is 9.75. The zero-order chi connectivity index (χ0) is 17.1. The Balaban J connectivity index is 2.07. The molecular weight excluding hydrogens is 318 g/mol. The van der Waals surface area contributed by atoms with Gasteiger partial charge in [0.15, 0.2) is 0 Å². The molecule has 0 aliphatic rings. The molecule has 3 rings (SSSR count). The third kappa shape index (κ3) is 3.14. The number of nitrogens with zero attached hydrogens (tertiary/aromatic N) is 3. The first-order valence-electron chi connectivity index (χ1n) is 8.42. The highest BCUT2D eigenvalue weighted by Crippen LogP contribution is 2.30. The Bertz CT molecular complexity index is 879. The van der Waals surface area contributed by atoms with Gasteiger partial charge in [-0.1, -0.05) is 44.2 Å². The van der Waals surface area contributed by atoms with Crippen molar-refractivity contribution in [2.45, 2.75) is 27.3 Å². The summed E-state index contributed by atoms with van der Waals surface area (Å²) in [5.74, 6) is 0.793. The average molecular weight is 341 g/mol. The molecule has 0 radical (unpaired) electrons. The van der Waals surface area contributed by atoms with Crippen LogP contribution >= 0.6 is 11.3 Å². The summed E-state index contributed by atoms with van der Waals surface area (Å²) in [4.78, 5) is 20.9. The van der Waals surface area contributed by atoms with E-state index < -0.39 is 0 Å². The predicted molar refractivity (Wildman–Crippen MR) is 102 cm³/mol. The normalized spacial score (nSPS) is 11.5. The molecule has 5 heteroatoms. The van der Waals surface area contributed by atoms with Gasteiger partial charge in [0, 0.05) is 24.0 Å². The highest BCUT2D eigenvalue weighted by molar-refractivity contribution is 7.17. The predicted octanol–water partition coefficient (Wildman–Crippen LogP) is 3.78. The van der Waals surface area contributed by atoms with E-state index in [4.69, 9.17) is 0 Å². The molecule has 0 spiro atoms. The van der Waals surface area contributed by atoms with Crippen LogP contribution in [0.15, 0.2) is 40.5 Å². The van der Waals surface area contributed by atoms with Crippen LogP contribution in [0, 0.1) is 6.92 Å². The molecule has 0 aliphatic carbocycles.